The molecule has 9 heterocycles. The van der Waals surface area contributed by atoms with Crippen LogP contribution in [0.3, 0.4) is 0 Å². The Bertz CT molecular complexity index is 3400. The molecule has 0 atom stereocenters. The SMILES string of the molecule is Cc1ccc2c(n1)[nH]c1ccc(-c3csc(N)n3)cc12.Nc1nc(-c2ccc3[nH]c4nc(Cl)ccc4c3c2)cs1.Nc1nc(-c2ccc3[nH]c4ncc(Cl)cc4c3c2)cs1. The van der Waals surface area contributed by atoms with Gasteiger partial charge in [-0.25, -0.2) is 29.9 Å². The molecular weight excluding hydrogens is 852 g/mol. The third kappa shape index (κ3) is 7.22. The van der Waals surface area contributed by atoms with Crippen molar-refractivity contribution in [3.05, 3.63) is 123 Å². The van der Waals surface area contributed by atoms with Gasteiger partial charge in [-0.1, -0.05) is 41.4 Å². The molecule has 12 nitrogen and oxygen atoms in total. The summed E-state index contributed by atoms with van der Waals surface area (Å²) in [6.45, 7) is 1.99. The number of aromatic amines is 3. The van der Waals surface area contributed by atoms with Gasteiger partial charge in [0.15, 0.2) is 15.4 Å². The zero-order valence-corrected chi connectivity index (χ0v) is 35.2. The number of rotatable bonds is 3. The second-order valence-corrected chi connectivity index (χ2v) is 17.3. The highest BCUT2D eigenvalue weighted by Crippen LogP contribution is 2.34. The van der Waals surface area contributed by atoms with Crippen LogP contribution in [0, 0.1) is 6.92 Å². The summed E-state index contributed by atoms with van der Waals surface area (Å²) < 4.78 is 0. The van der Waals surface area contributed by atoms with E-state index in [4.69, 9.17) is 40.4 Å². The Morgan fingerprint density at radius 2 is 0.917 bits per heavy atom. The second kappa shape index (κ2) is 15.2. The number of nitrogen functional groups attached to an aromatic ring is 3. The molecule has 12 rings (SSSR count). The Balaban J connectivity index is 0.000000108. The van der Waals surface area contributed by atoms with Crippen molar-refractivity contribution >= 4 is 138 Å². The molecular formula is C43H30Cl2N12S3. The van der Waals surface area contributed by atoms with Crippen LogP contribution in [0.2, 0.25) is 10.2 Å². The summed E-state index contributed by atoms with van der Waals surface area (Å²) in [7, 11) is 0. The minimum absolute atomic E-state index is 0.483. The Morgan fingerprint density at radius 3 is 1.40 bits per heavy atom. The van der Waals surface area contributed by atoms with Crippen molar-refractivity contribution in [2.24, 2.45) is 0 Å². The number of hydrogen-bond donors (Lipinski definition) is 6. The molecule has 60 heavy (non-hydrogen) atoms. The van der Waals surface area contributed by atoms with Gasteiger partial charge in [0.1, 0.15) is 22.1 Å². The molecule has 0 aliphatic carbocycles. The lowest BCUT2D eigenvalue weighted by molar-refractivity contribution is 1.23. The summed E-state index contributed by atoms with van der Waals surface area (Å²) in [5.74, 6) is 0. The van der Waals surface area contributed by atoms with Crippen LogP contribution in [-0.2, 0) is 0 Å². The number of aryl methyl sites for hydroxylation is 1. The molecule has 0 aliphatic rings. The molecule has 0 saturated carbocycles. The van der Waals surface area contributed by atoms with Crippen molar-refractivity contribution < 1.29 is 0 Å². The summed E-state index contributed by atoms with van der Waals surface area (Å²) in [6.07, 6.45) is 1.64. The topological polar surface area (TPSA) is 203 Å². The van der Waals surface area contributed by atoms with Crippen LogP contribution in [0.15, 0.2) is 107 Å². The first-order chi connectivity index (χ1) is 29.1. The van der Waals surface area contributed by atoms with Crippen molar-refractivity contribution in [1.29, 1.82) is 0 Å². The largest absolute Gasteiger partial charge is 0.375 e. The van der Waals surface area contributed by atoms with Crippen molar-refractivity contribution in [2.45, 2.75) is 6.92 Å². The van der Waals surface area contributed by atoms with E-state index in [1.54, 1.807) is 12.3 Å². The second-order valence-electron chi connectivity index (χ2n) is 13.8. The number of halogens is 2. The zero-order chi connectivity index (χ0) is 41.1. The van der Waals surface area contributed by atoms with Gasteiger partial charge in [-0.05, 0) is 73.7 Å². The van der Waals surface area contributed by atoms with Crippen LogP contribution in [0.25, 0.3) is 99.6 Å². The lowest BCUT2D eigenvalue weighted by atomic mass is 10.1. The van der Waals surface area contributed by atoms with Gasteiger partial charge in [0.25, 0.3) is 0 Å². The average Bonchev–Trinajstić information content (AvgIpc) is 4.11. The third-order valence-electron chi connectivity index (χ3n) is 9.89. The molecule has 0 radical (unpaired) electrons. The van der Waals surface area contributed by atoms with E-state index < -0.39 is 0 Å². The van der Waals surface area contributed by atoms with Crippen LogP contribution in [0.1, 0.15) is 5.69 Å². The number of hydrogen-bond acceptors (Lipinski definition) is 12. The van der Waals surface area contributed by atoms with E-state index in [0.29, 0.717) is 25.6 Å². The Labute approximate surface area is 362 Å². The maximum atomic E-state index is 6.03. The molecule has 0 unspecified atom stereocenters. The molecule has 9 aromatic heterocycles. The quantitative estimate of drug-likeness (QED) is 0.0933. The van der Waals surface area contributed by atoms with Gasteiger partial charge in [0.2, 0.25) is 0 Å². The predicted molar refractivity (Wildman–Crippen MR) is 252 cm³/mol. The molecule has 0 spiro atoms. The lowest BCUT2D eigenvalue weighted by Gasteiger charge is -1.97. The van der Waals surface area contributed by atoms with E-state index in [2.05, 4.69) is 81.3 Å². The normalized spacial score (nSPS) is 11.4. The van der Waals surface area contributed by atoms with Crippen LogP contribution < -0.4 is 17.2 Å². The number of aromatic nitrogens is 9. The number of anilines is 3. The average molecular weight is 882 g/mol. The fourth-order valence-electron chi connectivity index (χ4n) is 7.11. The highest BCUT2D eigenvalue weighted by atomic mass is 35.5. The molecule has 0 saturated heterocycles. The van der Waals surface area contributed by atoms with Crippen molar-refractivity contribution in [1.82, 2.24) is 44.9 Å². The fraction of sp³-hybridized carbons (Fsp3) is 0.0233. The standard InChI is InChI=1S/C15H12N4S.2C14H9ClN4S/c1-8-2-4-10-11-6-9(13-7-20-15(16)19-13)3-5-12(11)18-14(10)17-8;15-12-4-2-8-9-5-7(11-6-20-14(16)18-11)1-3-10(9)17-13(8)19-12;15-8-4-10-9-3-7(12-6-20-14(16)19-12)1-2-11(9)18-13(10)17-5-8/h2-7H,1H3,(H2,16,19)(H,17,18);1-6H,(H2,16,18)(H,17,19);1-6H,(H2,16,19)(H,17,18). The summed E-state index contributed by atoms with van der Waals surface area (Å²) in [4.78, 5) is 36.0. The Hall–Kier alpha value is -6.62. The zero-order valence-electron chi connectivity index (χ0n) is 31.3. The number of nitrogens with two attached hydrogens (primary N) is 3. The van der Waals surface area contributed by atoms with Gasteiger partial charge in [0.05, 0.1) is 22.1 Å². The van der Waals surface area contributed by atoms with E-state index in [1.807, 2.05) is 65.5 Å². The van der Waals surface area contributed by atoms with E-state index in [9.17, 15) is 0 Å². The molecule has 0 fully saturated rings. The van der Waals surface area contributed by atoms with Gasteiger partial charge < -0.3 is 32.2 Å². The number of pyridine rings is 3. The van der Waals surface area contributed by atoms with Crippen LogP contribution in [0.4, 0.5) is 15.4 Å². The first-order valence-corrected chi connectivity index (χ1v) is 21.7. The van der Waals surface area contributed by atoms with Gasteiger partial charge in [-0.3, -0.25) is 0 Å². The van der Waals surface area contributed by atoms with Crippen molar-refractivity contribution in [3.8, 4) is 33.8 Å². The number of fused-ring (bicyclic) bond motifs is 9. The molecule has 12 aromatic rings. The number of thiazole rings is 3. The van der Waals surface area contributed by atoms with Gasteiger partial charge >= 0.3 is 0 Å². The summed E-state index contributed by atoms with van der Waals surface area (Å²) in [5.41, 5.74) is 29.7. The highest BCUT2D eigenvalue weighted by Gasteiger charge is 2.12. The van der Waals surface area contributed by atoms with E-state index >= 15 is 0 Å². The van der Waals surface area contributed by atoms with Gasteiger partial charge in [-0.2, -0.15) is 0 Å². The summed E-state index contributed by atoms with van der Waals surface area (Å²) in [6, 6.07) is 28.4. The number of benzene rings is 3. The van der Waals surface area contributed by atoms with E-state index in [-0.39, 0.29) is 0 Å². The molecule has 0 bridgehead atoms. The number of H-pyrrole nitrogens is 3. The lowest BCUT2D eigenvalue weighted by Crippen LogP contribution is -1.82. The summed E-state index contributed by atoms with van der Waals surface area (Å²) in [5, 5.41) is 15.3. The Kier molecular flexibility index (Phi) is 9.53. The van der Waals surface area contributed by atoms with Crippen LogP contribution in [0.5, 0.6) is 0 Å². The van der Waals surface area contributed by atoms with Gasteiger partial charge in [-0.15, -0.1) is 34.0 Å². The number of nitrogens with zero attached hydrogens (tertiary/aromatic N) is 6. The molecule has 0 amide bonds. The smallest absolute Gasteiger partial charge is 0.180 e. The van der Waals surface area contributed by atoms with Gasteiger partial charge in [0, 0.05) is 93.6 Å². The van der Waals surface area contributed by atoms with E-state index in [1.165, 1.54) is 34.0 Å². The minimum Gasteiger partial charge on any atom is -0.375 e. The first kappa shape index (κ1) is 37.6. The van der Waals surface area contributed by atoms with Crippen molar-refractivity contribution in [2.75, 3.05) is 17.2 Å². The van der Waals surface area contributed by atoms with E-state index in [0.717, 1.165) is 105 Å². The highest BCUT2D eigenvalue weighted by molar-refractivity contribution is 7.14. The molecule has 294 valence electrons. The first-order valence-electron chi connectivity index (χ1n) is 18.3. The maximum Gasteiger partial charge on any atom is 0.180 e. The Morgan fingerprint density at radius 1 is 0.467 bits per heavy atom. The number of nitrogens with one attached hydrogen (secondary N) is 3. The predicted octanol–water partition coefficient (Wildman–Crippen LogP) is 11.9. The summed E-state index contributed by atoms with van der Waals surface area (Å²) >= 11 is 16.3. The maximum absolute atomic E-state index is 6.03. The van der Waals surface area contributed by atoms with Crippen LogP contribution >= 0.6 is 57.2 Å². The van der Waals surface area contributed by atoms with Crippen molar-refractivity contribution in [3.63, 3.8) is 0 Å². The monoisotopic (exact) mass is 880 g/mol. The molecule has 3 aromatic carbocycles. The van der Waals surface area contributed by atoms with Crippen LogP contribution in [-0.4, -0.2) is 44.9 Å². The third-order valence-corrected chi connectivity index (χ3v) is 12.3. The molecule has 0 aliphatic heterocycles. The molecule has 17 heteroatoms. The molecule has 9 N–H and O–H groups in total. The minimum atomic E-state index is 0.483. The fourth-order valence-corrected chi connectivity index (χ4v) is 9.13.